The van der Waals surface area contributed by atoms with Crippen LogP contribution >= 0.6 is 23.4 Å². The summed E-state index contributed by atoms with van der Waals surface area (Å²) >= 11 is 7.69. The molecule has 0 aliphatic carbocycles. The molecule has 4 nitrogen and oxygen atoms in total. The number of hydrogen-bond acceptors (Lipinski definition) is 4. The minimum atomic E-state index is 0.0194. The van der Waals surface area contributed by atoms with E-state index in [4.69, 9.17) is 16.0 Å². The third-order valence-electron chi connectivity index (χ3n) is 3.90. The average Bonchev–Trinajstić information content (AvgIpc) is 3.16. The lowest BCUT2D eigenvalue weighted by atomic mass is 10.2. The van der Waals surface area contributed by atoms with Crippen LogP contribution in [0.5, 0.6) is 0 Å². The maximum absolute atomic E-state index is 12.0. The fourth-order valence-electron chi connectivity index (χ4n) is 2.49. The molecule has 140 valence electrons. The predicted molar refractivity (Wildman–Crippen MR) is 110 cm³/mol. The molecule has 0 atom stereocenters. The van der Waals surface area contributed by atoms with Crippen LogP contribution in [0.25, 0.3) is 11.3 Å². The van der Waals surface area contributed by atoms with Crippen LogP contribution in [0.2, 0.25) is 5.02 Å². The van der Waals surface area contributed by atoms with E-state index < -0.39 is 0 Å². The normalized spacial score (nSPS) is 10.7. The summed E-state index contributed by atoms with van der Waals surface area (Å²) in [6.07, 6.45) is 3.47. The van der Waals surface area contributed by atoms with Gasteiger partial charge < -0.3 is 9.73 Å². The Morgan fingerprint density at radius 3 is 2.67 bits per heavy atom. The van der Waals surface area contributed by atoms with Crippen LogP contribution in [0.4, 0.5) is 0 Å². The molecule has 1 amide bonds. The van der Waals surface area contributed by atoms with Gasteiger partial charge in [0.1, 0.15) is 0 Å². The largest absolute Gasteiger partial charge is 0.441 e. The lowest BCUT2D eigenvalue weighted by Gasteiger charge is -2.04. The topological polar surface area (TPSA) is 55.1 Å². The number of thioether (sulfide) groups is 1. The number of aromatic nitrogens is 1. The highest BCUT2D eigenvalue weighted by Crippen LogP contribution is 2.22. The molecule has 6 heteroatoms. The van der Waals surface area contributed by atoms with Crippen LogP contribution in [0.3, 0.4) is 0 Å². The molecule has 3 rings (SSSR count). The van der Waals surface area contributed by atoms with Gasteiger partial charge in [0.15, 0.2) is 11.7 Å². The van der Waals surface area contributed by atoms with Gasteiger partial charge in [0.2, 0.25) is 5.91 Å². The number of amides is 1. The van der Waals surface area contributed by atoms with Crippen LogP contribution in [-0.2, 0) is 11.2 Å². The van der Waals surface area contributed by atoms with Crippen molar-refractivity contribution in [2.24, 2.45) is 0 Å². The predicted octanol–water partition coefficient (Wildman–Crippen LogP) is 5.23. The van der Waals surface area contributed by atoms with E-state index >= 15 is 0 Å². The summed E-state index contributed by atoms with van der Waals surface area (Å²) in [5.41, 5.74) is 0.915. The quantitative estimate of drug-likeness (QED) is 0.395. The third kappa shape index (κ3) is 6.45. The number of nitrogens with one attached hydrogen (secondary N) is 1. The molecule has 0 saturated carbocycles. The van der Waals surface area contributed by atoms with Crippen LogP contribution < -0.4 is 5.32 Å². The molecule has 1 heterocycles. The van der Waals surface area contributed by atoms with Crippen molar-refractivity contribution in [3.63, 3.8) is 0 Å². The van der Waals surface area contributed by atoms with Crippen molar-refractivity contribution in [1.82, 2.24) is 10.3 Å². The van der Waals surface area contributed by atoms with E-state index in [-0.39, 0.29) is 5.91 Å². The summed E-state index contributed by atoms with van der Waals surface area (Å²) in [5.74, 6) is 2.25. The van der Waals surface area contributed by atoms with Crippen molar-refractivity contribution in [2.75, 3.05) is 12.3 Å². The molecule has 0 aliphatic rings. The highest BCUT2D eigenvalue weighted by Gasteiger charge is 2.09. The Hall–Kier alpha value is -2.24. The summed E-state index contributed by atoms with van der Waals surface area (Å²) in [7, 11) is 0. The average molecular weight is 401 g/mol. The van der Waals surface area contributed by atoms with Crippen molar-refractivity contribution >= 4 is 29.3 Å². The number of benzene rings is 2. The van der Waals surface area contributed by atoms with E-state index in [0.29, 0.717) is 36.1 Å². The smallest absolute Gasteiger partial charge is 0.220 e. The fourth-order valence-corrected chi connectivity index (χ4v) is 3.49. The molecular formula is C21H21ClN2O2S. The summed E-state index contributed by atoms with van der Waals surface area (Å²) in [6.45, 7) is 0.681. The van der Waals surface area contributed by atoms with Gasteiger partial charge in [-0.2, -0.15) is 0 Å². The standard InChI is InChI=1S/C21H21ClN2O2S/c22-17-9-7-16(8-10-17)19-15-24-21(26-19)12-11-20(25)23-13-4-14-27-18-5-2-1-3-6-18/h1-3,5-10,15H,4,11-14H2,(H,23,25). The van der Waals surface area contributed by atoms with Gasteiger partial charge in [0.25, 0.3) is 0 Å². The maximum atomic E-state index is 12.0. The lowest BCUT2D eigenvalue weighted by molar-refractivity contribution is -0.121. The number of hydrogen-bond donors (Lipinski definition) is 1. The van der Waals surface area contributed by atoms with Crippen molar-refractivity contribution in [3.8, 4) is 11.3 Å². The SMILES string of the molecule is O=C(CCc1ncc(-c2ccc(Cl)cc2)o1)NCCCSc1ccccc1. The molecular weight excluding hydrogens is 380 g/mol. The number of carbonyl (C=O) groups is 1. The van der Waals surface area contributed by atoms with Gasteiger partial charge in [-0.3, -0.25) is 4.79 Å². The van der Waals surface area contributed by atoms with Crippen LogP contribution in [0.1, 0.15) is 18.7 Å². The zero-order chi connectivity index (χ0) is 18.9. The van der Waals surface area contributed by atoms with E-state index in [2.05, 4.69) is 22.4 Å². The molecule has 0 aliphatic heterocycles. The van der Waals surface area contributed by atoms with E-state index in [1.165, 1.54) is 4.90 Å². The van der Waals surface area contributed by atoms with Gasteiger partial charge >= 0.3 is 0 Å². The molecule has 0 saturated heterocycles. The van der Waals surface area contributed by atoms with Crippen LogP contribution in [-0.4, -0.2) is 23.2 Å². The number of halogens is 1. The molecule has 0 radical (unpaired) electrons. The van der Waals surface area contributed by atoms with E-state index in [1.807, 2.05) is 42.5 Å². The molecule has 1 N–H and O–H groups in total. The van der Waals surface area contributed by atoms with Gasteiger partial charge in [-0.25, -0.2) is 4.98 Å². The first kappa shape index (κ1) is 19.5. The van der Waals surface area contributed by atoms with E-state index in [0.717, 1.165) is 17.7 Å². The van der Waals surface area contributed by atoms with Crippen molar-refractivity contribution < 1.29 is 9.21 Å². The van der Waals surface area contributed by atoms with Crippen molar-refractivity contribution in [3.05, 3.63) is 71.7 Å². The van der Waals surface area contributed by atoms with Gasteiger partial charge in [-0.05, 0) is 48.6 Å². The Morgan fingerprint density at radius 2 is 1.89 bits per heavy atom. The first-order valence-electron chi connectivity index (χ1n) is 8.86. The number of oxazole rings is 1. The van der Waals surface area contributed by atoms with E-state index in [1.54, 1.807) is 18.0 Å². The molecule has 27 heavy (non-hydrogen) atoms. The van der Waals surface area contributed by atoms with Gasteiger partial charge in [-0.15, -0.1) is 11.8 Å². The number of rotatable bonds is 9. The third-order valence-corrected chi connectivity index (χ3v) is 5.25. The zero-order valence-electron chi connectivity index (χ0n) is 14.9. The Kier molecular flexibility index (Phi) is 7.36. The van der Waals surface area contributed by atoms with E-state index in [9.17, 15) is 4.79 Å². The van der Waals surface area contributed by atoms with Gasteiger partial charge in [0, 0.05) is 34.9 Å². The summed E-state index contributed by atoms with van der Waals surface area (Å²) < 4.78 is 5.71. The van der Waals surface area contributed by atoms with Crippen LogP contribution in [0.15, 0.2) is 70.1 Å². The Labute approximate surface area is 168 Å². The molecule has 2 aromatic carbocycles. The number of nitrogens with zero attached hydrogens (tertiary/aromatic N) is 1. The molecule has 0 spiro atoms. The molecule has 0 fully saturated rings. The molecule has 0 unspecified atom stereocenters. The number of carbonyl (C=O) groups excluding carboxylic acids is 1. The zero-order valence-corrected chi connectivity index (χ0v) is 16.4. The highest BCUT2D eigenvalue weighted by molar-refractivity contribution is 7.99. The van der Waals surface area contributed by atoms with Gasteiger partial charge in [-0.1, -0.05) is 29.8 Å². The Bertz CT molecular complexity index is 850. The van der Waals surface area contributed by atoms with Gasteiger partial charge in [0.05, 0.1) is 6.20 Å². The fraction of sp³-hybridized carbons (Fsp3) is 0.238. The molecule has 0 bridgehead atoms. The first-order valence-corrected chi connectivity index (χ1v) is 10.2. The second-order valence-electron chi connectivity index (χ2n) is 5.99. The van der Waals surface area contributed by atoms with Crippen LogP contribution in [0, 0.1) is 0 Å². The molecule has 1 aromatic heterocycles. The minimum Gasteiger partial charge on any atom is -0.441 e. The second-order valence-corrected chi connectivity index (χ2v) is 7.59. The first-order chi connectivity index (χ1) is 13.2. The molecule has 3 aromatic rings. The second kappa shape index (κ2) is 10.2. The van der Waals surface area contributed by atoms with Crippen molar-refractivity contribution in [2.45, 2.75) is 24.2 Å². The minimum absolute atomic E-state index is 0.0194. The number of aryl methyl sites for hydroxylation is 1. The Balaban J connectivity index is 1.34. The monoisotopic (exact) mass is 400 g/mol. The Morgan fingerprint density at radius 1 is 1.11 bits per heavy atom. The highest BCUT2D eigenvalue weighted by atomic mass is 35.5. The summed E-state index contributed by atoms with van der Waals surface area (Å²) in [4.78, 5) is 17.5. The maximum Gasteiger partial charge on any atom is 0.220 e. The summed E-state index contributed by atoms with van der Waals surface area (Å²) in [6, 6.07) is 17.6. The lowest BCUT2D eigenvalue weighted by Crippen LogP contribution is -2.25. The summed E-state index contributed by atoms with van der Waals surface area (Å²) in [5, 5.41) is 3.63. The van der Waals surface area contributed by atoms with Crippen molar-refractivity contribution in [1.29, 1.82) is 0 Å².